The molecule has 68 valence electrons. The molecule has 0 spiro atoms. The van der Waals surface area contributed by atoms with E-state index in [9.17, 15) is 9.90 Å². The maximum Gasteiger partial charge on any atom is 0.248 e. The first-order valence-corrected chi connectivity index (χ1v) is 3.95. The van der Waals surface area contributed by atoms with Crippen molar-refractivity contribution >= 4 is 11.6 Å². The van der Waals surface area contributed by atoms with Crippen molar-refractivity contribution in [1.29, 1.82) is 0 Å². The molecule has 0 aliphatic heterocycles. The van der Waals surface area contributed by atoms with Crippen molar-refractivity contribution in [3.63, 3.8) is 0 Å². The number of amides is 1. The van der Waals surface area contributed by atoms with Gasteiger partial charge in [-0.3, -0.25) is 4.79 Å². The molecule has 3 heteroatoms. The summed E-state index contributed by atoms with van der Waals surface area (Å²) in [5.41, 5.74) is 0.422. The molecule has 0 atom stereocenters. The molecular weight excluding hydrogens is 166 g/mol. The van der Waals surface area contributed by atoms with Crippen molar-refractivity contribution in [2.45, 2.75) is 6.92 Å². The van der Waals surface area contributed by atoms with Crippen LogP contribution in [0.4, 0.5) is 5.69 Å². The SMILES string of the molecule is C/C=C\C(=O)Nc1ccccc1O. The number of anilines is 1. The summed E-state index contributed by atoms with van der Waals surface area (Å²) < 4.78 is 0. The van der Waals surface area contributed by atoms with Gasteiger partial charge in [0.2, 0.25) is 5.91 Å². The smallest absolute Gasteiger partial charge is 0.248 e. The Morgan fingerprint density at radius 1 is 1.46 bits per heavy atom. The van der Waals surface area contributed by atoms with Crippen molar-refractivity contribution in [3.8, 4) is 5.75 Å². The number of benzene rings is 1. The Morgan fingerprint density at radius 3 is 2.77 bits per heavy atom. The number of para-hydroxylation sites is 2. The minimum atomic E-state index is -0.246. The molecule has 1 rings (SSSR count). The van der Waals surface area contributed by atoms with Gasteiger partial charge in [0.05, 0.1) is 5.69 Å². The Hall–Kier alpha value is -1.77. The fourth-order valence-corrected chi connectivity index (χ4v) is 0.905. The molecule has 0 aliphatic carbocycles. The van der Waals surface area contributed by atoms with Crippen LogP contribution in [-0.2, 0) is 4.79 Å². The van der Waals surface area contributed by atoms with Crippen LogP contribution in [0.3, 0.4) is 0 Å². The molecule has 0 aromatic heterocycles. The Balaban J connectivity index is 2.74. The Morgan fingerprint density at radius 2 is 2.15 bits per heavy atom. The van der Waals surface area contributed by atoms with Crippen molar-refractivity contribution in [1.82, 2.24) is 0 Å². The average molecular weight is 177 g/mol. The number of phenols is 1. The number of nitrogens with one attached hydrogen (secondary N) is 1. The molecule has 0 heterocycles. The molecule has 2 N–H and O–H groups in total. The highest BCUT2D eigenvalue weighted by atomic mass is 16.3. The number of hydrogen-bond donors (Lipinski definition) is 2. The Bertz CT molecular complexity index is 331. The van der Waals surface area contributed by atoms with E-state index in [1.807, 2.05) is 0 Å². The van der Waals surface area contributed by atoms with Gasteiger partial charge in [-0.15, -0.1) is 0 Å². The van der Waals surface area contributed by atoms with E-state index in [0.717, 1.165) is 0 Å². The quantitative estimate of drug-likeness (QED) is 0.535. The number of aromatic hydroxyl groups is 1. The minimum Gasteiger partial charge on any atom is -0.506 e. The third kappa shape index (κ3) is 2.63. The summed E-state index contributed by atoms with van der Waals surface area (Å²) in [6.45, 7) is 1.75. The van der Waals surface area contributed by atoms with E-state index in [2.05, 4.69) is 5.32 Å². The first-order valence-electron chi connectivity index (χ1n) is 3.95. The summed E-state index contributed by atoms with van der Waals surface area (Å²) in [5.74, 6) is -0.177. The lowest BCUT2D eigenvalue weighted by atomic mass is 10.3. The molecule has 1 amide bonds. The van der Waals surface area contributed by atoms with Crippen LogP contribution in [-0.4, -0.2) is 11.0 Å². The number of carbonyl (C=O) groups is 1. The molecule has 3 nitrogen and oxygen atoms in total. The van der Waals surface area contributed by atoms with Gasteiger partial charge in [-0.2, -0.15) is 0 Å². The lowest BCUT2D eigenvalue weighted by molar-refractivity contribution is -0.111. The molecule has 0 aliphatic rings. The molecule has 0 saturated heterocycles. The molecule has 0 unspecified atom stereocenters. The zero-order valence-electron chi connectivity index (χ0n) is 7.32. The molecule has 1 aromatic rings. The summed E-state index contributed by atoms with van der Waals surface area (Å²) in [6, 6.07) is 6.59. The Kier molecular flexibility index (Phi) is 3.09. The topological polar surface area (TPSA) is 49.3 Å². The van der Waals surface area contributed by atoms with Gasteiger partial charge < -0.3 is 10.4 Å². The molecule has 1 aromatic carbocycles. The summed E-state index contributed by atoms with van der Waals surface area (Å²) >= 11 is 0. The van der Waals surface area contributed by atoms with Crippen molar-refractivity contribution in [2.24, 2.45) is 0 Å². The third-order valence-corrected chi connectivity index (χ3v) is 1.48. The number of hydrogen-bond acceptors (Lipinski definition) is 2. The highest BCUT2D eigenvalue weighted by Crippen LogP contribution is 2.21. The van der Waals surface area contributed by atoms with Crippen LogP contribution in [0.5, 0.6) is 5.75 Å². The van der Waals surface area contributed by atoms with E-state index in [0.29, 0.717) is 5.69 Å². The zero-order valence-corrected chi connectivity index (χ0v) is 7.32. The monoisotopic (exact) mass is 177 g/mol. The van der Waals surface area contributed by atoms with Gasteiger partial charge in [0.1, 0.15) is 5.75 Å². The summed E-state index contributed by atoms with van der Waals surface area (Å²) in [4.78, 5) is 11.1. The zero-order chi connectivity index (χ0) is 9.68. The summed E-state index contributed by atoms with van der Waals surface area (Å²) in [5, 5.41) is 11.8. The minimum absolute atomic E-state index is 0.0698. The van der Waals surface area contributed by atoms with Crippen LogP contribution < -0.4 is 5.32 Å². The molecule has 0 saturated carbocycles. The van der Waals surface area contributed by atoms with Gasteiger partial charge >= 0.3 is 0 Å². The predicted octanol–water partition coefficient (Wildman–Crippen LogP) is 1.91. The van der Waals surface area contributed by atoms with Crippen molar-refractivity contribution in [3.05, 3.63) is 36.4 Å². The second kappa shape index (κ2) is 4.30. The molecule has 0 fully saturated rings. The van der Waals surface area contributed by atoms with Crippen molar-refractivity contribution < 1.29 is 9.90 Å². The summed E-state index contributed by atoms with van der Waals surface area (Å²) in [6.07, 6.45) is 3.03. The van der Waals surface area contributed by atoms with E-state index in [-0.39, 0.29) is 11.7 Å². The lowest BCUT2D eigenvalue weighted by Crippen LogP contribution is -2.07. The predicted molar refractivity (Wildman–Crippen MR) is 51.6 cm³/mol. The van der Waals surface area contributed by atoms with E-state index >= 15 is 0 Å². The van der Waals surface area contributed by atoms with Gasteiger partial charge in [-0.25, -0.2) is 0 Å². The van der Waals surface area contributed by atoms with Crippen LogP contribution in [0, 0.1) is 0 Å². The highest BCUT2D eigenvalue weighted by molar-refractivity contribution is 6.00. The first-order chi connectivity index (χ1) is 6.24. The fourth-order valence-electron chi connectivity index (χ4n) is 0.905. The number of rotatable bonds is 2. The normalized spacial score (nSPS) is 10.2. The molecular formula is C10H11NO2. The van der Waals surface area contributed by atoms with E-state index in [4.69, 9.17) is 0 Å². The highest BCUT2D eigenvalue weighted by Gasteiger charge is 2.00. The Labute approximate surface area is 76.7 Å². The van der Waals surface area contributed by atoms with Crippen LogP contribution in [0.25, 0.3) is 0 Å². The molecule has 0 radical (unpaired) electrons. The van der Waals surface area contributed by atoms with Crippen LogP contribution in [0.15, 0.2) is 36.4 Å². The van der Waals surface area contributed by atoms with Gasteiger partial charge in [0.15, 0.2) is 0 Å². The van der Waals surface area contributed by atoms with Crippen LogP contribution in [0.1, 0.15) is 6.92 Å². The van der Waals surface area contributed by atoms with Crippen LogP contribution >= 0.6 is 0 Å². The standard InChI is InChI=1S/C10H11NO2/c1-2-5-10(13)11-8-6-3-4-7-9(8)12/h2-7,12H,1H3,(H,11,13)/b5-2-. The second-order valence-electron chi connectivity index (χ2n) is 2.51. The average Bonchev–Trinajstić information content (AvgIpc) is 2.09. The molecule has 13 heavy (non-hydrogen) atoms. The van der Waals surface area contributed by atoms with Gasteiger partial charge in [0, 0.05) is 0 Å². The van der Waals surface area contributed by atoms with Crippen LogP contribution in [0.2, 0.25) is 0 Å². The number of phenolic OH excluding ortho intramolecular Hbond substituents is 1. The van der Waals surface area contributed by atoms with Crippen molar-refractivity contribution in [2.75, 3.05) is 5.32 Å². The first kappa shape index (κ1) is 9.32. The maximum absolute atomic E-state index is 11.1. The lowest BCUT2D eigenvalue weighted by Gasteiger charge is -2.03. The van der Waals surface area contributed by atoms with E-state index < -0.39 is 0 Å². The van der Waals surface area contributed by atoms with Gasteiger partial charge in [-0.05, 0) is 25.1 Å². The number of carbonyl (C=O) groups excluding carboxylic acids is 1. The summed E-state index contributed by atoms with van der Waals surface area (Å²) in [7, 11) is 0. The van der Waals surface area contributed by atoms with Gasteiger partial charge in [-0.1, -0.05) is 18.2 Å². The second-order valence-corrected chi connectivity index (χ2v) is 2.51. The largest absolute Gasteiger partial charge is 0.506 e. The van der Waals surface area contributed by atoms with Gasteiger partial charge in [0.25, 0.3) is 0 Å². The molecule has 0 bridgehead atoms. The van der Waals surface area contributed by atoms with E-state index in [1.54, 1.807) is 31.2 Å². The maximum atomic E-state index is 11.1. The fraction of sp³-hybridized carbons (Fsp3) is 0.100. The number of allylic oxidation sites excluding steroid dienone is 1. The van der Waals surface area contributed by atoms with E-state index in [1.165, 1.54) is 12.1 Å². The third-order valence-electron chi connectivity index (χ3n) is 1.48.